The third kappa shape index (κ3) is 4.24. The van der Waals surface area contributed by atoms with Crippen molar-refractivity contribution >= 4 is 54.8 Å². The molecular weight excluding hydrogens is 460 g/mol. The van der Waals surface area contributed by atoms with Crippen LogP contribution in [0.4, 0.5) is 17.3 Å². The second-order valence-corrected chi connectivity index (χ2v) is 10.3. The highest BCUT2D eigenvalue weighted by Gasteiger charge is 2.21. The van der Waals surface area contributed by atoms with Gasteiger partial charge in [0.1, 0.15) is 9.71 Å². The smallest absolute Gasteiger partial charge is 0.267 e. The van der Waals surface area contributed by atoms with Crippen LogP contribution in [-0.4, -0.2) is 29.3 Å². The number of sulfonamides is 1. The van der Waals surface area contributed by atoms with Crippen LogP contribution in [0, 0.1) is 0 Å². The van der Waals surface area contributed by atoms with Crippen LogP contribution >= 0.6 is 11.3 Å². The molecule has 4 N–H and O–H groups in total. The lowest BCUT2D eigenvalue weighted by Crippen LogP contribution is -2.15. The number of hydrogen-bond donors (Lipinski definition) is 3. The van der Waals surface area contributed by atoms with Gasteiger partial charge in [-0.2, -0.15) is 0 Å². The van der Waals surface area contributed by atoms with Gasteiger partial charge in [-0.1, -0.05) is 0 Å². The second kappa shape index (κ2) is 8.41. The predicted molar refractivity (Wildman–Crippen MR) is 128 cm³/mol. The zero-order valence-electron chi connectivity index (χ0n) is 17.4. The molecule has 1 aromatic carbocycles. The van der Waals surface area contributed by atoms with Gasteiger partial charge in [-0.05, 0) is 67.6 Å². The van der Waals surface area contributed by atoms with Gasteiger partial charge >= 0.3 is 0 Å². The Bertz CT molecular complexity index is 1450. The standard InChI is InChI=1S/C22H20N6O3S2/c23-18-16-12-13-4-1-2-5-17(13)27-21(16)32-19(18)20(29)26-14-6-8-15(9-7-14)33(30,31)28-22-24-10-3-11-25-22/h3,6-12H,1-2,4-5,23H2,(H,26,29)(H,24,25,28). The van der Waals surface area contributed by atoms with Gasteiger partial charge in [-0.3, -0.25) is 4.79 Å². The highest BCUT2D eigenvalue weighted by molar-refractivity contribution is 7.92. The summed E-state index contributed by atoms with van der Waals surface area (Å²) < 4.78 is 27.3. The van der Waals surface area contributed by atoms with Gasteiger partial charge in [0.25, 0.3) is 15.9 Å². The number of nitrogens with two attached hydrogens (primary N) is 1. The van der Waals surface area contributed by atoms with Crippen LogP contribution in [0.2, 0.25) is 0 Å². The van der Waals surface area contributed by atoms with E-state index in [2.05, 4.69) is 26.1 Å². The van der Waals surface area contributed by atoms with Crippen molar-refractivity contribution < 1.29 is 13.2 Å². The van der Waals surface area contributed by atoms with Gasteiger partial charge in [0.05, 0.1) is 10.6 Å². The number of carbonyl (C=O) groups excluding carboxylic acids is 1. The molecule has 0 saturated carbocycles. The van der Waals surface area contributed by atoms with Crippen molar-refractivity contribution in [1.82, 2.24) is 15.0 Å². The van der Waals surface area contributed by atoms with Crippen molar-refractivity contribution in [3.8, 4) is 0 Å². The summed E-state index contributed by atoms with van der Waals surface area (Å²) in [6.45, 7) is 0. The summed E-state index contributed by atoms with van der Waals surface area (Å²) in [4.78, 5) is 26.5. The molecule has 3 heterocycles. The Morgan fingerprint density at radius 1 is 1.06 bits per heavy atom. The number of carbonyl (C=O) groups is 1. The van der Waals surface area contributed by atoms with Gasteiger partial charge in [0.2, 0.25) is 5.95 Å². The summed E-state index contributed by atoms with van der Waals surface area (Å²) in [5.74, 6) is -0.384. The predicted octanol–water partition coefficient (Wildman–Crippen LogP) is 3.60. The van der Waals surface area contributed by atoms with Crippen LogP contribution in [0.3, 0.4) is 0 Å². The number of thiophene rings is 1. The summed E-state index contributed by atoms with van der Waals surface area (Å²) in [7, 11) is -3.86. The number of pyridine rings is 1. The summed E-state index contributed by atoms with van der Waals surface area (Å²) in [5, 5.41) is 3.59. The molecule has 1 aliphatic rings. The van der Waals surface area contributed by atoms with E-state index < -0.39 is 10.0 Å². The highest BCUT2D eigenvalue weighted by Crippen LogP contribution is 2.35. The molecule has 5 rings (SSSR count). The number of aromatic nitrogens is 3. The molecule has 0 saturated heterocycles. The number of aryl methyl sites for hydroxylation is 2. The fourth-order valence-electron chi connectivity index (χ4n) is 3.76. The Kier molecular flexibility index (Phi) is 5.43. The quantitative estimate of drug-likeness (QED) is 0.396. The molecule has 0 aliphatic heterocycles. The molecule has 33 heavy (non-hydrogen) atoms. The van der Waals surface area contributed by atoms with Gasteiger partial charge < -0.3 is 11.1 Å². The zero-order valence-corrected chi connectivity index (χ0v) is 19.0. The minimum atomic E-state index is -3.86. The monoisotopic (exact) mass is 480 g/mol. The summed E-state index contributed by atoms with van der Waals surface area (Å²) >= 11 is 1.26. The molecule has 4 aromatic rings. The first-order valence-corrected chi connectivity index (χ1v) is 12.6. The first-order chi connectivity index (χ1) is 15.9. The van der Waals surface area contributed by atoms with Crippen molar-refractivity contribution in [2.24, 2.45) is 0 Å². The number of rotatable bonds is 5. The first kappa shape index (κ1) is 21.3. The third-order valence-electron chi connectivity index (χ3n) is 5.42. The van der Waals surface area contributed by atoms with Crippen molar-refractivity contribution in [3.63, 3.8) is 0 Å². The zero-order chi connectivity index (χ0) is 23.0. The molecule has 1 amide bonds. The molecule has 0 fully saturated rings. The molecule has 9 nitrogen and oxygen atoms in total. The van der Waals surface area contributed by atoms with Crippen LogP contribution in [0.25, 0.3) is 10.2 Å². The lowest BCUT2D eigenvalue weighted by atomic mass is 9.95. The maximum atomic E-state index is 12.9. The number of nitrogens with one attached hydrogen (secondary N) is 2. The molecular formula is C22H20N6O3S2. The molecule has 168 valence electrons. The maximum absolute atomic E-state index is 12.9. The topological polar surface area (TPSA) is 140 Å². The number of hydrogen-bond acceptors (Lipinski definition) is 8. The Balaban J connectivity index is 1.35. The van der Waals surface area contributed by atoms with E-state index in [1.165, 1.54) is 53.6 Å². The molecule has 3 aromatic heterocycles. The summed E-state index contributed by atoms with van der Waals surface area (Å²) in [6.07, 6.45) is 7.07. The number of nitrogen functional groups attached to an aromatic ring is 1. The Hall–Kier alpha value is -3.57. The maximum Gasteiger partial charge on any atom is 0.267 e. The van der Waals surface area contributed by atoms with E-state index in [0.29, 0.717) is 16.3 Å². The van der Waals surface area contributed by atoms with Gasteiger partial charge in [-0.25, -0.2) is 28.1 Å². The molecule has 0 unspecified atom stereocenters. The molecule has 0 bridgehead atoms. The Labute approximate surface area is 194 Å². The van der Waals surface area contributed by atoms with Gasteiger partial charge in [0.15, 0.2) is 0 Å². The van der Waals surface area contributed by atoms with E-state index in [1.54, 1.807) is 6.07 Å². The first-order valence-electron chi connectivity index (χ1n) is 10.3. The molecule has 0 atom stereocenters. The molecule has 11 heteroatoms. The van der Waals surface area contributed by atoms with Crippen LogP contribution in [0.5, 0.6) is 0 Å². The summed E-state index contributed by atoms with van der Waals surface area (Å²) in [6, 6.07) is 9.46. The number of amides is 1. The Morgan fingerprint density at radius 2 is 1.79 bits per heavy atom. The number of anilines is 3. The number of benzene rings is 1. The van der Waals surface area contributed by atoms with Crippen LogP contribution in [0.15, 0.2) is 53.7 Å². The summed E-state index contributed by atoms with van der Waals surface area (Å²) in [5.41, 5.74) is 9.45. The second-order valence-electron chi connectivity index (χ2n) is 7.66. The molecule has 1 aliphatic carbocycles. The van der Waals surface area contributed by atoms with E-state index in [0.717, 1.165) is 41.6 Å². The van der Waals surface area contributed by atoms with Crippen molar-refractivity contribution in [1.29, 1.82) is 0 Å². The van der Waals surface area contributed by atoms with Gasteiger partial charge in [-0.15, -0.1) is 11.3 Å². The Morgan fingerprint density at radius 3 is 2.55 bits per heavy atom. The number of nitrogens with zero attached hydrogens (tertiary/aromatic N) is 3. The van der Waals surface area contributed by atoms with Gasteiger partial charge in [0, 0.05) is 29.2 Å². The minimum Gasteiger partial charge on any atom is -0.397 e. The molecule has 0 spiro atoms. The van der Waals surface area contributed by atoms with E-state index in [1.807, 2.05) is 0 Å². The minimum absolute atomic E-state index is 0.0177. The lowest BCUT2D eigenvalue weighted by Gasteiger charge is -2.14. The average Bonchev–Trinajstić information content (AvgIpc) is 3.14. The SMILES string of the molecule is Nc1c(C(=O)Nc2ccc(S(=O)(=O)Nc3ncccn3)cc2)sc2nc3c(cc12)CCCC3. The lowest BCUT2D eigenvalue weighted by molar-refractivity contribution is 0.103. The van der Waals surface area contributed by atoms with E-state index in [9.17, 15) is 13.2 Å². The van der Waals surface area contributed by atoms with E-state index in [-0.39, 0.29) is 16.8 Å². The van der Waals surface area contributed by atoms with E-state index >= 15 is 0 Å². The number of fused-ring (bicyclic) bond motifs is 2. The van der Waals surface area contributed by atoms with E-state index in [4.69, 9.17) is 10.7 Å². The van der Waals surface area contributed by atoms with Crippen molar-refractivity contribution in [3.05, 3.63) is 64.9 Å². The normalized spacial score (nSPS) is 13.5. The van der Waals surface area contributed by atoms with Crippen molar-refractivity contribution in [2.45, 2.75) is 30.6 Å². The largest absolute Gasteiger partial charge is 0.397 e. The highest BCUT2D eigenvalue weighted by atomic mass is 32.2. The van der Waals surface area contributed by atoms with Crippen LogP contribution in [0.1, 0.15) is 33.8 Å². The third-order valence-corrected chi connectivity index (χ3v) is 7.88. The molecule has 0 radical (unpaired) electrons. The van der Waals surface area contributed by atoms with Crippen LogP contribution in [-0.2, 0) is 22.9 Å². The van der Waals surface area contributed by atoms with Crippen molar-refractivity contribution in [2.75, 3.05) is 15.8 Å². The van der Waals surface area contributed by atoms with Crippen LogP contribution < -0.4 is 15.8 Å². The fraction of sp³-hybridized carbons (Fsp3) is 0.182. The average molecular weight is 481 g/mol. The fourth-order valence-corrected chi connectivity index (χ4v) is 5.71.